The van der Waals surface area contributed by atoms with Gasteiger partial charge in [0.1, 0.15) is 0 Å². The van der Waals surface area contributed by atoms with E-state index in [1.807, 2.05) is 13.0 Å². The van der Waals surface area contributed by atoms with Crippen LogP contribution in [-0.2, 0) is 6.42 Å². The Balaban J connectivity index is 3.21. The molecule has 0 aromatic heterocycles. The number of hydrogen-bond donors (Lipinski definition) is 2. The van der Waals surface area contributed by atoms with Gasteiger partial charge in [-0.2, -0.15) is 0 Å². The largest absolute Gasteiger partial charge is 0.399 e. The first-order valence-electron chi connectivity index (χ1n) is 3.83. The fourth-order valence-electron chi connectivity index (χ4n) is 1.13. The molecule has 1 aromatic carbocycles. The molecule has 3 nitrogen and oxygen atoms in total. The first-order chi connectivity index (χ1) is 5.65. The number of carbonyl (C=O) groups excluding carboxylic acids is 1. The predicted octanol–water partition coefficient (Wildman–Crippen LogP) is 0.930. The van der Waals surface area contributed by atoms with Crippen molar-refractivity contribution in [1.82, 2.24) is 0 Å². The molecule has 64 valence electrons. The summed E-state index contributed by atoms with van der Waals surface area (Å²) in [6.45, 7) is 1.97. The maximum Gasteiger partial charge on any atom is 0.249 e. The molecule has 12 heavy (non-hydrogen) atoms. The molecule has 1 rings (SSSR count). The van der Waals surface area contributed by atoms with Crippen LogP contribution < -0.4 is 11.5 Å². The SMILES string of the molecule is CCc1ccc(N)cc1C(N)=O. The number of carbonyl (C=O) groups is 1. The highest BCUT2D eigenvalue weighted by atomic mass is 16.1. The Morgan fingerprint density at radius 3 is 2.67 bits per heavy atom. The van der Waals surface area contributed by atoms with E-state index in [9.17, 15) is 4.79 Å². The van der Waals surface area contributed by atoms with Crippen molar-refractivity contribution in [2.75, 3.05) is 5.73 Å². The summed E-state index contributed by atoms with van der Waals surface area (Å²) in [4.78, 5) is 10.9. The third-order valence-corrected chi connectivity index (χ3v) is 1.78. The van der Waals surface area contributed by atoms with E-state index in [1.54, 1.807) is 12.1 Å². The summed E-state index contributed by atoms with van der Waals surface area (Å²) < 4.78 is 0. The van der Waals surface area contributed by atoms with E-state index in [0.29, 0.717) is 11.3 Å². The number of rotatable bonds is 2. The van der Waals surface area contributed by atoms with E-state index < -0.39 is 5.91 Å². The Bertz CT molecular complexity index is 307. The van der Waals surface area contributed by atoms with E-state index in [2.05, 4.69) is 0 Å². The van der Waals surface area contributed by atoms with Gasteiger partial charge >= 0.3 is 0 Å². The lowest BCUT2D eigenvalue weighted by Gasteiger charge is -2.04. The van der Waals surface area contributed by atoms with Crippen molar-refractivity contribution in [2.45, 2.75) is 13.3 Å². The molecule has 0 heterocycles. The van der Waals surface area contributed by atoms with Crippen LogP contribution in [0.25, 0.3) is 0 Å². The Morgan fingerprint density at radius 2 is 2.17 bits per heavy atom. The molecule has 0 saturated carbocycles. The quantitative estimate of drug-likeness (QED) is 0.638. The summed E-state index contributed by atoms with van der Waals surface area (Å²) in [5.41, 5.74) is 12.7. The maximum atomic E-state index is 10.9. The van der Waals surface area contributed by atoms with E-state index in [4.69, 9.17) is 11.5 Å². The molecule has 0 unspecified atom stereocenters. The lowest BCUT2D eigenvalue weighted by atomic mass is 10.0. The number of primary amides is 1. The van der Waals surface area contributed by atoms with Crippen molar-refractivity contribution in [3.63, 3.8) is 0 Å². The lowest BCUT2D eigenvalue weighted by Crippen LogP contribution is -2.13. The van der Waals surface area contributed by atoms with Crippen LogP contribution >= 0.6 is 0 Å². The highest BCUT2D eigenvalue weighted by Crippen LogP contribution is 2.13. The molecule has 0 bridgehead atoms. The van der Waals surface area contributed by atoms with Gasteiger partial charge in [-0.3, -0.25) is 4.79 Å². The molecule has 0 saturated heterocycles. The zero-order valence-corrected chi connectivity index (χ0v) is 7.00. The molecule has 0 spiro atoms. The number of anilines is 1. The highest BCUT2D eigenvalue weighted by Gasteiger charge is 2.05. The fourth-order valence-corrected chi connectivity index (χ4v) is 1.13. The van der Waals surface area contributed by atoms with Crippen LogP contribution in [0.1, 0.15) is 22.8 Å². The Hall–Kier alpha value is -1.51. The molecule has 0 atom stereocenters. The molecule has 0 radical (unpaired) electrons. The number of aryl methyl sites for hydroxylation is 1. The third-order valence-electron chi connectivity index (χ3n) is 1.78. The zero-order chi connectivity index (χ0) is 9.14. The molecule has 0 aliphatic rings. The zero-order valence-electron chi connectivity index (χ0n) is 7.00. The summed E-state index contributed by atoms with van der Waals surface area (Å²) in [7, 11) is 0. The van der Waals surface area contributed by atoms with Crippen LogP contribution in [0.15, 0.2) is 18.2 Å². The number of benzene rings is 1. The average molecular weight is 164 g/mol. The summed E-state index contributed by atoms with van der Waals surface area (Å²) in [6, 6.07) is 5.21. The van der Waals surface area contributed by atoms with Crippen LogP contribution in [-0.4, -0.2) is 5.91 Å². The minimum Gasteiger partial charge on any atom is -0.399 e. The second-order valence-electron chi connectivity index (χ2n) is 2.63. The van der Waals surface area contributed by atoms with Crippen LogP contribution in [0.2, 0.25) is 0 Å². The molecule has 4 N–H and O–H groups in total. The van der Waals surface area contributed by atoms with Gasteiger partial charge in [-0.15, -0.1) is 0 Å². The first kappa shape index (κ1) is 8.59. The maximum absolute atomic E-state index is 10.9. The average Bonchev–Trinajstić information content (AvgIpc) is 2.04. The van der Waals surface area contributed by atoms with Gasteiger partial charge in [0.25, 0.3) is 0 Å². The Kier molecular flexibility index (Phi) is 2.33. The van der Waals surface area contributed by atoms with E-state index in [-0.39, 0.29) is 0 Å². The van der Waals surface area contributed by atoms with Crippen molar-refractivity contribution < 1.29 is 4.79 Å². The van der Waals surface area contributed by atoms with Gasteiger partial charge in [-0.25, -0.2) is 0 Å². The molecule has 1 aromatic rings. The van der Waals surface area contributed by atoms with E-state index >= 15 is 0 Å². The van der Waals surface area contributed by atoms with Gasteiger partial charge in [-0.05, 0) is 24.1 Å². The van der Waals surface area contributed by atoms with E-state index in [1.165, 1.54) is 0 Å². The summed E-state index contributed by atoms with van der Waals surface area (Å²) in [6.07, 6.45) is 0.790. The van der Waals surface area contributed by atoms with E-state index in [0.717, 1.165) is 12.0 Å². The normalized spacial score (nSPS) is 9.75. The minimum absolute atomic E-state index is 0.417. The fraction of sp³-hybridized carbons (Fsp3) is 0.222. The van der Waals surface area contributed by atoms with Crippen molar-refractivity contribution in [3.05, 3.63) is 29.3 Å². The van der Waals surface area contributed by atoms with Gasteiger partial charge in [0.15, 0.2) is 0 Å². The molecule has 1 amide bonds. The predicted molar refractivity (Wildman–Crippen MR) is 48.8 cm³/mol. The number of nitrogen functional groups attached to an aromatic ring is 1. The summed E-state index contributed by atoms with van der Waals surface area (Å²) in [5, 5.41) is 0. The van der Waals surface area contributed by atoms with Gasteiger partial charge in [0.05, 0.1) is 0 Å². The highest BCUT2D eigenvalue weighted by molar-refractivity contribution is 5.95. The van der Waals surface area contributed by atoms with Crippen molar-refractivity contribution in [3.8, 4) is 0 Å². The molecule has 3 heteroatoms. The van der Waals surface area contributed by atoms with Gasteiger partial charge in [-0.1, -0.05) is 13.0 Å². The topological polar surface area (TPSA) is 69.1 Å². The van der Waals surface area contributed by atoms with Crippen LogP contribution in [0, 0.1) is 0 Å². The van der Waals surface area contributed by atoms with Gasteiger partial charge in [0.2, 0.25) is 5.91 Å². The number of hydrogen-bond acceptors (Lipinski definition) is 2. The van der Waals surface area contributed by atoms with Crippen LogP contribution in [0.3, 0.4) is 0 Å². The summed E-state index contributed by atoms with van der Waals surface area (Å²) >= 11 is 0. The monoisotopic (exact) mass is 164 g/mol. The van der Waals surface area contributed by atoms with Crippen LogP contribution in [0.5, 0.6) is 0 Å². The minimum atomic E-state index is -0.417. The summed E-state index contributed by atoms with van der Waals surface area (Å²) in [5.74, 6) is -0.417. The first-order valence-corrected chi connectivity index (χ1v) is 3.83. The smallest absolute Gasteiger partial charge is 0.249 e. The number of nitrogens with two attached hydrogens (primary N) is 2. The molecule has 0 aliphatic heterocycles. The molecule has 0 fully saturated rings. The van der Waals surface area contributed by atoms with Crippen molar-refractivity contribution >= 4 is 11.6 Å². The number of amides is 1. The van der Waals surface area contributed by atoms with Crippen LogP contribution in [0.4, 0.5) is 5.69 Å². The molecule has 0 aliphatic carbocycles. The third kappa shape index (κ3) is 1.56. The molecular formula is C9H12N2O. The Morgan fingerprint density at radius 1 is 1.50 bits per heavy atom. The van der Waals surface area contributed by atoms with Gasteiger partial charge < -0.3 is 11.5 Å². The second kappa shape index (κ2) is 3.26. The van der Waals surface area contributed by atoms with Crippen molar-refractivity contribution in [2.24, 2.45) is 5.73 Å². The van der Waals surface area contributed by atoms with Crippen molar-refractivity contribution in [1.29, 1.82) is 0 Å². The van der Waals surface area contributed by atoms with Gasteiger partial charge in [0, 0.05) is 11.3 Å². The Labute approximate surface area is 71.4 Å². The standard InChI is InChI=1S/C9H12N2O/c1-2-6-3-4-7(10)5-8(6)9(11)12/h3-5H,2,10H2,1H3,(H2,11,12). The lowest BCUT2D eigenvalue weighted by molar-refractivity contribution is 0.0999. The molecular weight excluding hydrogens is 152 g/mol. The second-order valence-corrected chi connectivity index (χ2v) is 2.63.